The summed E-state index contributed by atoms with van der Waals surface area (Å²) in [4.78, 5) is 44.6. The standard InChI is InChI=1S/C23H28N4O3S/c1-15-10-22(2,3)14-23(11-15)19(29)27(21(30)26-23)13-18(28)25-20-24-12-17(31-20)9-16-7-5-4-6-8-16/h4-8,12,15H,9-11,13-14H2,1-3H3,(H,26,30)(H,24,25,28). The molecule has 1 aliphatic heterocycles. The highest BCUT2D eigenvalue weighted by Gasteiger charge is 2.56. The minimum Gasteiger partial charge on any atom is -0.323 e. The molecule has 8 heteroatoms. The quantitative estimate of drug-likeness (QED) is 0.692. The first-order valence-corrected chi connectivity index (χ1v) is 11.4. The molecule has 2 fully saturated rings. The van der Waals surface area contributed by atoms with Crippen LogP contribution in [0.3, 0.4) is 0 Å². The van der Waals surface area contributed by atoms with Gasteiger partial charge in [-0.2, -0.15) is 0 Å². The van der Waals surface area contributed by atoms with Crippen molar-refractivity contribution in [1.82, 2.24) is 15.2 Å². The Morgan fingerprint density at radius 2 is 2.00 bits per heavy atom. The van der Waals surface area contributed by atoms with Gasteiger partial charge in [-0.3, -0.25) is 14.5 Å². The van der Waals surface area contributed by atoms with Gasteiger partial charge < -0.3 is 10.6 Å². The van der Waals surface area contributed by atoms with Gasteiger partial charge in [-0.05, 0) is 36.2 Å². The van der Waals surface area contributed by atoms with E-state index in [2.05, 4.69) is 36.4 Å². The molecule has 4 rings (SSSR count). The summed E-state index contributed by atoms with van der Waals surface area (Å²) >= 11 is 1.39. The number of thiazole rings is 1. The van der Waals surface area contributed by atoms with Crippen LogP contribution in [0.25, 0.3) is 0 Å². The minimum absolute atomic E-state index is 0.0467. The summed E-state index contributed by atoms with van der Waals surface area (Å²) in [5.74, 6) is -0.402. The smallest absolute Gasteiger partial charge is 0.323 e. The number of urea groups is 1. The summed E-state index contributed by atoms with van der Waals surface area (Å²) in [6.07, 6.45) is 4.67. The van der Waals surface area contributed by atoms with Gasteiger partial charge in [0.15, 0.2) is 5.13 Å². The molecule has 164 valence electrons. The summed E-state index contributed by atoms with van der Waals surface area (Å²) in [7, 11) is 0. The predicted molar refractivity (Wildman–Crippen MR) is 120 cm³/mol. The van der Waals surface area contributed by atoms with Gasteiger partial charge in [0.1, 0.15) is 12.1 Å². The molecule has 1 aromatic carbocycles. The Bertz CT molecular complexity index is 1000. The van der Waals surface area contributed by atoms with Crippen LogP contribution >= 0.6 is 11.3 Å². The molecule has 1 aliphatic carbocycles. The van der Waals surface area contributed by atoms with E-state index in [0.717, 1.165) is 22.6 Å². The van der Waals surface area contributed by atoms with Crippen LogP contribution in [-0.4, -0.2) is 39.8 Å². The molecule has 2 unspecified atom stereocenters. The highest BCUT2D eigenvalue weighted by Crippen LogP contribution is 2.46. The Morgan fingerprint density at radius 3 is 2.71 bits per heavy atom. The molecule has 2 N–H and O–H groups in total. The molecule has 2 atom stereocenters. The first-order chi connectivity index (χ1) is 14.7. The van der Waals surface area contributed by atoms with Crippen molar-refractivity contribution in [3.63, 3.8) is 0 Å². The lowest BCUT2D eigenvalue weighted by Gasteiger charge is -2.43. The third-order valence-electron chi connectivity index (χ3n) is 5.95. The van der Waals surface area contributed by atoms with Crippen LogP contribution < -0.4 is 10.6 Å². The highest BCUT2D eigenvalue weighted by atomic mass is 32.1. The lowest BCUT2D eigenvalue weighted by atomic mass is 9.64. The number of carbonyl (C=O) groups is 3. The number of amides is 4. The maximum absolute atomic E-state index is 13.2. The molecular weight excluding hydrogens is 412 g/mol. The van der Waals surface area contributed by atoms with E-state index >= 15 is 0 Å². The predicted octanol–water partition coefficient (Wildman–Crippen LogP) is 3.81. The van der Waals surface area contributed by atoms with Crippen LogP contribution in [0.15, 0.2) is 36.5 Å². The van der Waals surface area contributed by atoms with Crippen LogP contribution in [0.2, 0.25) is 0 Å². The number of hydrogen-bond donors (Lipinski definition) is 2. The van der Waals surface area contributed by atoms with Crippen LogP contribution in [0.4, 0.5) is 9.93 Å². The Morgan fingerprint density at radius 1 is 1.26 bits per heavy atom. The van der Waals surface area contributed by atoms with Crippen molar-refractivity contribution in [2.45, 2.75) is 52.0 Å². The monoisotopic (exact) mass is 440 g/mol. The van der Waals surface area contributed by atoms with Gasteiger partial charge in [0.05, 0.1) is 0 Å². The van der Waals surface area contributed by atoms with E-state index in [-0.39, 0.29) is 17.9 Å². The third kappa shape index (κ3) is 4.63. The average Bonchev–Trinajstić information content (AvgIpc) is 3.18. The second-order valence-corrected chi connectivity index (χ2v) is 10.7. The molecule has 7 nitrogen and oxygen atoms in total. The number of nitrogens with zero attached hydrogens (tertiary/aromatic N) is 2. The highest BCUT2D eigenvalue weighted by molar-refractivity contribution is 7.15. The Kier molecular flexibility index (Phi) is 5.60. The van der Waals surface area contributed by atoms with Gasteiger partial charge in [0.2, 0.25) is 5.91 Å². The van der Waals surface area contributed by atoms with Gasteiger partial charge in [-0.1, -0.05) is 51.1 Å². The second kappa shape index (κ2) is 8.07. The van der Waals surface area contributed by atoms with E-state index in [1.807, 2.05) is 30.3 Å². The number of benzene rings is 1. The molecule has 1 aromatic heterocycles. The topological polar surface area (TPSA) is 91.4 Å². The van der Waals surface area contributed by atoms with Crippen molar-refractivity contribution in [2.24, 2.45) is 11.3 Å². The molecule has 2 aromatic rings. The fraction of sp³-hybridized carbons (Fsp3) is 0.478. The fourth-order valence-corrected chi connectivity index (χ4v) is 6.06. The largest absolute Gasteiger partial charge is 0.325 e. The van der Waals surface area contributed by atoms with Crippen molar-refractivity contribution in [1.29, 1.82) is 0 Å². The van der Waals surface area contributed by atoms with E-state index in [1.165, 1.54) is 16.9 Å². The normalized spacial score (nSPS) is 25.0. The summed E-state index contributed by atoms with van der Waals surface area (Å²) in [5, 5.41) is 6.09. The van der Waals surface area contributed by atoms with Gasteiger partial charge in [0, 0.05) is 17.5 Å². The fourth-order valence-electron chi connectivity index (χ4n) is 5.20. The van der Waals surface area contributed by atoms with Crippen LogP contribution in [0, 0.1) is 11.3 Å². The Balaban J connectivity index is 1.39. The zero-order chi connectivity index (χ0) is 22.2. The molecule has 2 heterocycles. The molecule has 1 saturated carbocycles. The van der Waals surface area contributed by atoms with Crippen LogP contribution in [-0.2, 0) is 16.0 Å². The molecule has 2 aliphatic rings. The van der Waals surface area contributed by atoms with Crippen molar-refractivity contribution in [2.75, 3.05) is 11.9 Å². The lowest BCUT2D eigenvalue weighted by molar-refractivity contribution is -0.136. The molecule has 1 saturated heterocycles. The van der Waals surface area contributed by atoms with E-state index < -0.39 is 17.5 Å². The zero-order valence-corrected chi connectivity index (χ0v) is 18.9. The zero-order valence-electron chi connectivity index (χ0n) is 18.1. The Hall–Kier alpha value is -2.74. The van der Waals surface area contributed by atoms with E-state index in [0.29, 0.717) is 23.9 Å². The number of hydrogen-bond acceptors (Lipinski definition) is 5. The summed E-state index contributed by atoms with van der Waals surface area (Å²) in [6.45, 7) is 6.03. The van der Waals surface area contributed by atoms with Crippen molar-refractivity contribution >= 4 is 34.3 Å². The SMILES string of the molecule is CC1CC(C)(C)CC2(C1)NC(=O)N(CC(=O)Nc1ncc(Cc3ccccc3)s1)C2=O. The van der Waals surface area contributed by atoms with Gasteiger partial charge in [-0.15, -0.1) is 11.3 Å². The molecule has 1 spiro atoms. The maximum atomic E-state index is 13.2. The molecule has 0 radical (unpaired) electrons. The average molecular weight is 441 g/mol. The maximum Gasteiger partial charge on any atom is 0.325 e. The summed E-state index contributed by atoms with van der Waals surface area (Å²) in [5.41, 5.74) is 0.218. The number of imide groups is 1. The van der Waals surface area contributed by atoms with Crippen molar-refractivity contribution < 1.29 is 14.4 Å². The number of anilines is 1. The lowest BCUT2D eigenvalue weighted by Crippen LogP contribution is -2.54. The third-order valence-corrected chi connectivity index (χ3v) is 6.86. The Labute approximate surface area is 186 Å². The van der Waals surface area contributed by atoms with Crippen LogP contribution in [0.1, 0.15) is 50.5 Å². The second-order valence-electron chi connectivity index (χ2n) is 9.60. The molecule has 4 amide bonds. The van der Waals surface area contributed by atoms with E-state index in [9.17, 15) is 14.4 Å². The van der Waals surface area contributed by atoms with Crippen molar-refractivity contribution in [3.8, 4) is 0 Å². The molecular formula is C23H28N4O3S. The van der Waals surface area contributed by atoms with Crippen molar-refractivity contribution in [3.05, 3.63) is 47.0 Å². The summed E-state index contributed by atoms with van der Waals surface area (Å²) in [6, 6.07) is 9.53. The van der Waals surface area contributed by atoms with E-state index in [1.54, 1.807) is 6.20 Å². The molecule has 31 heavy (non-hydrogen) atoms. The van der Waals surface area contributed by atoms with Gasteiger partial charge in [0.25, 0.3) is 5.91 Å². The van der Waals surface area contributed by atoms with Gasteiger partial charge in [-0.25, -0.2) is 9.78 Å². The number of nitrogens with one attached hydrogen (secondary N) is 2. The number of aromatic nitrogens is 1. The molecule has 0 bridgehead atoms. The van der Waals surface area contributed by atoms with Gasteiger partial charge >= 0.3 is 6.03 Å². The van der Waals surface area contributed by atoms with E-state index in [4.69, 9.17) is 0 Å². The summed E-state index contributed by atoms with van der Waals surface area (Å²) < 4.78 is 0. The first-order valence-electron chi connectivity index (χ1n) is 10.6. The first kappa shape index (κ1) is 21.5. The number of carbonyl (C=O) groups excluding carboxylic acids is 3. The minimum atomic E-state index is -0.900. The number of rotatable bonds is 5. The van der Waals surface area contributed by atoms with Crippen LogP contribution in [0.5, 0.6) is 0 Å².